The molecule has 3 N–H and O–H groups in total. The van der Waals surface area contributed by atoms with E-state index >= 15 is 0 Å². The Morgan fingerprint density at radius 3 is 2.07 bits per heavy atom. The van der Waals surface area contributed by atoms with Gasteiger partial charge >= 0.3 is 12.1 Å². The van der Waals surface area contributed by atoms with E-state index < -0.39 is 47.8 Å². The summed E-state index contributed by atoms with van der Waals surface area (Å²) in [5.41, 5.74) is 4.37. The van der Waals surface area contributed by atoms with E-state index in [2.05, 4.69) is 5.32 Å². The van der Waals surface area contributed by atoms with Crippen molar-refractivity contribution in [3.05, 3.63) is 35.4 Å². The lowest BCUT2D eigenvalue weighted by molar-refractivity contribution is -0.171. The van der Waals surface area contributed by atoms with Crippen LogP contribution in [0, 0.1) is 0 Å². The minimum absolute atomic E-state index is 0.0712. The molecule has 0 aliphatic carbocycles. The second-order valence-electron chi connectivity index (χ2n) is 6.73. The molecule has 1 aromatic rings. The van der Waals surface area contributed by atoms with Crippen LogP contribution in [0.1, 0.15) is 47.9 Å². The summed E-state index contributed by atoms with van der Waals surface area (Å²) in [6, 6.07) is 4.37. The predicted octanol–water partition coefficient (Wildman–Crippen LogP) is 0.510. The lowest BCUT2D eigenvalue weighted by atomic mass is 10.1. The van der Waals surface area contributed by atoms with Crippen LogP contribution in [0.25, 0.3) is 0 Å². The number of carbonyl (C=O) groups is 5. The first kappa shape index (κ1) is 19.9. The Hall–Kier alpha value is -3.43. The first-order valence-electron chi connectivity index (χ1n) is 7.97. The number of nitrogens with one attached hydrogen (secondary N) is 1. The van der Waals surface area contributed by atoms with Crippen molar-refractivity contribution in [3.63, 3.8) is 0 Å². The van der Waals surface area contributed by atoms with Crippen LogP contribution in [-0.2, 0) is 19.2 Å². The predicted molar refractivity (Wildman–Crippen MR) is 90.0 cm³/mol. The quantitative estimate of drug-likeness (QED) is 0.711. The number of hydrogen-bond acceptors (Lipinski definition) is 7. The van der Waals surface area contributed by atoms with Gasteiger partial charge in [0.1, 0.15) is 11.6 Å². The molecular weight excluding hydrogens is 358 g/mol. The van der Waals surface area contributed by atoms with Gasteiger partial charge in [0.15, 0.2) is 0 Å². The van der Waals surface area contributed by atoms with Crippen LogP contribution in [0.3, 0.4) is 0 Å². The highest BCUT2D eigenvalue weighted by Gasteiger charge is 2.40. The van der Waals surface area contributed by atoms with Crippen LogP contribution in [0.2, 0.25) is 0 Å². The smallest absolute Gasteiger partial charge is 0.408 e. The maximum atomic E-state index is 12.3. The summed E-state index contributed by atoms with van der Waals surface area (Å²) in [6.45, 7) is 4.81. The van der Waals surface area contributed by atoms with Crippen molar-refractivity contribution in [2.24, 2.45) is 5.73 Å². The maximum absolute atomic E-state index is 12.3. The summed E-state index contributed by atoms with van der Waals surface area (Å²) >= 11 is 0. The number of benzene rings is 1. The number of primary amides is 1. The second-order valence-corrected chi connectivity index (χ2v) is 6.73. The molecule has 1 aliphatic rings. The Kier molecular flexibility index (Phi) is 5.48. The highest BCUT2D eigenvalue weighted by atomic mass is 16.7. The van der Waals surface area contributed by atoms with E-state index in [9.17, 15) is 24.0 Å². The highest BCUT2D eigenvalue weighted by molar-refractivity contribution is 6.21. The van der Waals surface area contributed by atoms with Crippen molar-refractivity contribution >= 4 is 29.8 Å². The minimum atomic E-state index is -1.54. The second kappa shape index (κ2) is 7.44. The largest absolute Gasteiger partial charge is 0.444 e. The van der Waals surface area contributed by atoms with E-state index in [1.807, 2.05) is 0 Å². The van der Waals surface area contributed by atoms with E-state index in [4.69, 9.17) is 15.3 Å². The fraction of sp³-hybridized carbons (Fsp3) is 0.353. The Balaban J connectivity index is 2.12. The van der Waals surface area contributed by atoms with Gasteiger partial charge in [-0.2, -0.15) is 0 Å². The third kappa shape index (κ3) is 4.81. The zero-order valence-electron chi connectivity index (χ0n) is 15.0. The molecule has 1 aromatic carbocycles. The highest BCUT2D eigenvalue weighted by Crippen LogP contribution is 2.23. The van der Waals surface area contributed by atoms with Crippen molar-refractivity contribution in [2.75, 3.05) is 0 Å². The van der Waals surface area contributed by atoms with Crippen LogP contribution in [-0.4, -0.2) is 46.5 Å². The van der Waals surface area contributed by atoms with Crippen molar-refractivity contribution in [2.45, 2.75) is 38.8 Å². The van der Waals surface area contributed by atoms with Gasteiger partial charge in [-0.25, -0.2) is 9.59 Å². The van der Waals surface area contributed by atoms with Gasteiger partial charge in [-0.05, 0) is 32.9 Å². The maximum Gasteiger partial charge on any atom is 0.408 e. The van der Waals surface area contributed by atoms with Crippen LogP contribution in [0.15, 0.2) is 24.3 Å². The lowest BCUT2D eigenvalue weighted by Crippen LogP contribution is -2.48. The molecule has 10 heteroatoms. The van der Waals surface area contributed by atoms with E-state index in [0.29, 0.717) is 0 Å². The molecule has 27 heavy (non-hydrogen) atoms. The molecule has 0 fully saturated rings. The number of nitrogens with two attached hydrogens (primary N) is 1. The SMILES string of the molecule is CC(C)(C)OC(=O)NC(CC(N)=O)C(=O)ON1C(=O)c2ccccc2C1=O. The molecule has 144 valence electrons. The number of imide groups is 1. The number of carbonyl (C=O) groups excluding carboxylic acids is 5. The Labute approximate surface area is 154 Å². The molecule has 2 rings (SSSR count). The van der Waals surface area contributed by atoms with Gasteiger partial charge in [0.25, 0.3) is 11.8 Å². The number of ether oxygens (including phenoxy) is 1. The number of rotatable bonds is 5. The van der Waals surface area contributed by atoms with Gasteiger partial charge in [-0.15, -0.1) is 0 Å². The average Bonchev–Trinajstić information content (AvgIpc) is 2.77. The summed E-state index contributed by atoms with van der Waals surface area (Å²) in [5, 5.41) is 2.42. The van der Waals surface area contributed by atoms with Crippen molar-refractivity contribution in [3.8, 4) is 0 Å². The summed E-state index contributed by atoms with van der Waals surface area (Å²) in [4.78, 5) is 64.7. The Morgan fingerprint density at radius 1 is 1.11 bits per heavy atom. The fourth-order valence-electron chi connectivity index (χ4n) is 2.25. The van der Waals surface area contributed by atoms with Gasteiger partial charge in [0.2, 0.25) is 5.91 Å². The first-order valence-corrected chi connectivity index (χ1v) is 7.97. The molecule has 0 saturated heterocycles. The molecular formula is C17H19N3O7. The van der Waals surface area contributed by atoms with Crippen molar-refractivity contribution < 1.29 is 33.5 Å². The van der Waals surface area contributed by atoms with Gasteiger partial charge < -0.3 is 20.6 Å². The Bertz CT molecular complexity index is 778. The van der Waals surface area contributed by atoms with Crippen LogP contribution in [0.5, 0.6) is 0 Å². The molecule has 10 nitrogen and oxygen atoms in total. The third-order valence-electron chi connectivity index (χ3n) is 3.32. The number of hydroxylamine groups is 2. The van der Waals surface area contributed by atoms with Crippen molar-refractivity contribution in [1.82, 2.24) is 10.4 Å². The number of fused-ring (bicyclic) bond motifs is 1. The molecule has 1 unspecified atom stereocenters. The summed E-state index contributed by atoms with van der Waals surface area (Å²) in [5.74, 6) is -3.79. The zero-order chi connectivity index (χ0) is 20.4. The lowest BCUT2D eigenvalue weighted by Gasteiger charge is -2.23. The fourth-order valence-corrected chi connectivity index (χ4v) is 2.25. The summed E-state index contributed by atoms with van der Waals surface area (Å²) in [6.07, 6.45) is -1.60. The van der Waals surface area contributed by atoms with Gasteiger partial charge in [0, 0.05) is 0 Å². The average molecular weight is 377 g/mol. The van der Waals surface area contributed by atoms with E-state index in [1.165, 1.54) is 12.1 Å². The molecule has 1 aliphatic heterocycles. The molecule has 0 spiro atoms. The summed E-state index contributed by atoms with van der Waals surface area (Å²) < 4.78 is 5.01. The van der Waals surface area contributed by atoms with Gasteiger partial charge in [-0.1, -0.05) is 17.2 Å². The van der Waals surface area contributed by atoms with Crippen LogP contribution < -0.4 is 11.1 Å². The molecule has 0 radical (unpaired) electrons. The standard InChI is InChI=1S/C17H19N3O7/c1-17(2,3)26-16(25)19-11(8-12(18)21)15(24)27-20-13(22)9-6-4-5-7-10(9)14(20)23/h4-7,11H,8H2,1-3H3,(H2,18,21)(H,19,25). The number of nitrogens with zero attached hydrogens (tertiary/aromatic N) is 1. The topological polar surface area (TPSA) is 145 Å². The molecule has 0 bridgehead atoms. The Morgan fingerprint density at radius 2 is 1.63 bits per heavy atom. The minimum Gasteiger partial charge on any atom is -0.444 e. The molecule has 0 saturated carbocycles. The third-order valence-corrected chi connectivity index (χ3v) is 3.32. The molecule has 1 heterocycles. The number of hydrogen-bond donors (Lipinski definition) is 2. The molecule has 1 atom stereocenters. The monoisotopic (exact) mass is 377 g/mol. The van der Waals surface area contributed by atoms with Crippen LogP contribution >= 0.6 is 0 Å². The van der Waals surface area contributed by atoms with E-state index in [0.717, 1.165) is 0 Å². The summed E-state index contributed by atoms with van der Waals surface area (Å²) in [7, 11) is 0. The number of alkyl carbamates (subject to hydrolysis) is 1. The van der Waals surface area contributed by atoms with E-state index in [-0.39, 0.29) is 16.2 Å². The van der Waals surface area contributed by atoms with Gasteiger partial charge in [-0.3, -0.25) is 14.4 Å². The first-order chi connectivity index (χ1) is 12.5. The molecule has 4 amide bonds. The zero-order valence-corrected chi connectivity index (χ0v) is 15.0. The van der Waals surface area contributed by atoms with Crippen molar-refractivity contribution in [1.29, 1.82) is 0 Å². The van der Waals surface area contributed by atoms with Gasteiger partial charge in [0.05, 0.1) is 17.5 Å². The van der Waals surface area contributed by atoms with Crippen LogP contribution in [0.4, 0.5) is 4.79 Å². The van der Waals surface area contributed by atoms with E-state index in [1.54, 1.807) is 32.9 Å². The normalized spacial score (nSPS) is 14.4. The molecule has 0 aromatic heterocycles. The number of amides is 4.